The summed E-state index contributed by atoms with van der Waals surface area (Å²) in [6.45, 7) is 0. The van der Waals surface area contributed by atoms with Crippen LogP contribution in [-0.4, -0.2) is 19.5 Å². The Kier molecular flexibility index (Phi) is 6.61. The standard InChI is InChI=1S/C18H18ClNO4S/c19-15-8-12-17(13-9-15)25(23,24)20-16-10-6-14(7-11-16)4-2-1-3-5-18(21)22/h2,4,6-13,20H,1,3,5H2,(H,21,22). The van der Waals surface area contributed by atoms with Gasteiger partial charge in [-0.15, -0.1) is 0 Å². The first-order chi connectivity index (χ1) is 11.9. The molecule has 0 aromatic heterocycles. The van der Waals surface area contributed by atoms with Crippen LogP contribution in [-0.2, 0) is 14.8 Å². The van der Waals surface area contributed by atoms with Crippen molar-refractivity contribution in [3.63, 3.8) is 0 Å². The van der Waals surface area contributed by atoms with Crippen molar-refractivity contribution in [3.8, 4) is 0 Å². The van der Waals surface area contributed by atoms with Crippen LogP contribution >= 0.6 is 11.6 Å². The van der Waals surface area contributed by atoms with Gasteiger partial charge in [0, 0.05) is 17.1 Å². The fraction of sp³-hybridized carbons (Fsp3) is 0.167. The Balaban J connectivity index is 1.96. The van der Waals surface area contributed by atoms with Gasteiger partial charge >= 0.3 is 5.97 Å². The van der Waals surface area contributed by atoms with Crippen LogP contribution in [0.1, 0.15) is 24.8 Å². The minimum atomic E-state index is -3.66. The van der Waals surface area contributed by atoms with Crippen LogP contribution in [0.25, 0.3) is 6.08 Å². The maximum Gasteiger partial charge on any atom is 0.303 e. The van der Waals surface area contributed by atoms with Crippen LogP contribution < -0.4 is 4.72 Å². The van der Waals surface area contributed by atoms with Gasteiger partial charge in [-0.05, 0) is 54.8 Å². The number of hydrogen-bond acceptors (Lipinski definition) is 3. The third-order valence-corrected chi connectivity index (χ3v) is 5.01. The molecule has 5 nitrogen and oxygen atoms in total. The van der Waals surface area contributed by atoms with Gasteiger partial charge in [-0.25, -0.2) is 8.42 Å². The minimum Gasteiger partial charge on any atom is -0.481 e. The van der Waals surface area contributed by atoms with E-state index in [0.29, 0.717) is 23.6 Å². The highest BCUT2D eigenvalue weighted by Crippen LogP contribution is 2.19. The average Bonchev–Trinajstić information content (AvgIpc) is 2.56. The molecule has 25 heavy (non-hydrogen) atoms. The fourth-order valence-electron chi connectivity index (χ4n) is 2.08. The van der Waals surface area contributed by atoms with Gasteiger partial charge in [-0.1, -0.05) is 35.9 Å². The van der Waals surface area contributed by atoms with Crippen molar-refractivity contribution >= 4 is 39.4 Å². The number of anilines is 1. The number of nitrogens with one attached hydrogen (secondary N) is 1. The summed E-state index contributed by atoms with van der Waals surface area (Å²) < 4.78 is 27.1. The Hall–Kier alpha value is -2.31. The second kappa shape index (κ2) is 8.69. The molecule has 2 aromatic carbocycles. The summed E-state index contributed by atoms with van der Waals surface area (Å²) in [6, 6.07) is 12.8. The maximum atomic E-state index is 12.3. The van der Waals surface area contributed by atoms with Crippen molar-refractivity contribution in [1.82, 2.24) is 0 Å². The molecular weight excluding hydrogens is 362 g/mol. The zero-order chi connectivity index (χ0) is 18.3. The van der Waals surface area contributed by atoms with Gasteiger partial charge in [-0.3, -0.25) is 9.52 Å². The Morgan fingerprint density at radius 1 is 1.08 bits per heavy atom. The van der Waals surface area contributed by atoms with Crippen LogP contribution in [0.3, 0.4) is 0 Å². The van der Waals surface area contributed by atoms with Crippen LogP contribution in [0.5, 0.6) is 0 Å². The lowest BCUT2D eigenvalue weighted by molar-refractivity contribution is -0.137. The van der Waals surface area contributed by atoms with E-state index in [9.17, 15) is 13.2 Å². The molecule has 0 radical (unpaired) electrons. The van der Waals surface area contributed by atoms with E-state index >= 15 is 0 Å². The molecule has 132 valence electrons. The number of halogens is 1. The summed E-state index contributed by atoms with van der Waals surface area (Å²) in [5.41, 5.74) is 1.36. The Bertz CT molecular complexity index is 844. The number of carboxylic acid groups (broad SMARTS) is 1. The maximum absolute atomic E-state index is 12.3. The van der Waals surface area contributed by atoms with Crippen molar-refractivity contribution in [2.75, 3.05) is 4.72 Å². The summed E-state index contributed by atoms with van der Waals surface area (Å²) in [6.07, 6.45) is 5.19. The predicted molar refractivity (Wildman–Crippen MR) is 99.2 cm³/mol. The van der Waals surface area contributed by atoms with E-state index in [-0.39, 0.29) is 11.3 Å². The molecule has 0 unspecified atom stereocenters. The van der Waals surface area contributed by atoms with Gasteiger partial charge in [0.05, 0.1) is 4.90 Å². The Morgan fingerprint density at radius 3 is 2.32 bits per heavy atom. The second-order valence-electron chi connectivity index (χ2n) is 5.37. The average molecular weight is 380 g/mol. The number of benzene rings is 2. The van der Waals surface area contributed by atoms with Gasteiger partial charge in [0.2, 0.25) is 0 Å². The van der Waals surface area contributed by atoms with Gasteiger partial charge in [0.15, 0.2) is 0 Å². The number of unbranched alkanes of at least 4 members (excludes halogenated alkanes) is 1. The van der Waals surface area contributed by atoms with Gasteiger partial charge in [0.1, 0.15) is 0 Å². The van der Waals surface area contributed by atoms with Crippen molar-refractivity contribution in [2.24, 2.45) is 0 Å². The molecule has 0 saturated carbocycles. The Morgan fingerprint density at radius 2 is 1.72 bits per heavy atom. The first-order valence-corrected chi connectivity index (χ1v) is 9.50. The van der Waals surface area contributed by atoms with Crippen molar-refractivity contribution in [1.29, 1.82) is 0 Å². The predicted octanol–water partition coefficient (Wildman–Crippen LogP) is 4.41. The summed E-state index contributed by atoms with van der Waals surface area (Å²) in [7, 11) is -3.66. The number of sulfonamides is 1. The molecule has 0 spiro atoms. The SMILES string of the molecule is O=C(O)CCCC=Cc1ccc(NS(=O)(=O)c2ccc(Cl)cc2)cc1. The van der Waals surface area contributed by atoms with Crippen LogP contribution in [0.2, 0.25) is 5.02 Å². The minimum absolute atomic E-state index is 0.138. The molecule has 2 N–H and O–H groups in total. The molecule has 0 saturated heterocycles. The number of aliphatic carboxylic acids is 1. The summed E-state index contributed by atoms with van der Waals surface area (Å²) >= 11 is 5.77. The van der Waals surface area contributed by atoms with E-state index in [1.807, 2.05) is 12.2 Å². The van der Waals surface area contributed by atoms with Gasteiger partial charge in [0.25, 0.3) is 10.0 Å². The highest BCUT2D eigenvalue weighted by Gasteiger charge is 2.13. The smallest absolute Gasteiger partial charge is 0.303 e. The van der Waals surface area contributed by atoms with E-state index in [2.05, 4.69) is 4.72 Å². The molecule has 7 heteroatoms. The topological polar surface area (TPSA) is 83.5 Å². The van der Waals surface area contributed by atoms with E-state index in [4.69, 9.17) is 16.7 Å². The van der Waals surface area contributed by atoms with E-state index in [0.717, 1.165) is 5.56 Å². The molecule has 0 fully saturated rings. The third-order valence-electron chi connectivity index (χ3n) is 3.36. The van der Waals surface area contributed by atoms with Crippen LogP contribution in [0.15, 0.2) is 59.5 Å². The van der Waals surface area contributed by atoms with Crippen LogP contribution in [0, 0.1) is 0 Å². The van der Waals surface area contributed by atoms with Gasteiger partial charge < -0.3 is 5.11 Å². The lowest BCUT2D eigenvalue weighted by atomic mass is 10.1. The van der Waals surface area contributed by atoms with Crippen molar-refractivity contribution in [3.05, 3.63) is 65.2 Å². The van der Waals surface area contributed by atoms with Crippen molar-refractivity contribution in [2.45, 2.75) is 24.2 Å². The van der Waals surface area contributed by atoms with Gasteiger partial charge in [-0.2, -0.15) is 0 Å². The van der Waals surface area contributed by atoms with E-state index < -0.39 is 16.0 Å². The molecule has 2 rings (SSSR count). The Labute approximate surface area is 152 Å². The molecule has 0 aliphatic rings. The zero-order valence-electron chi connectivity index (χ0n) is 13.4. The number of allylic oxidation sites excluding steroid dienone is 1. The van der Waals surface area contributed by atoms with E-state index in [1.165, 1.54) is 24.3 Å². The van der Waals surface area contributed by atoms with Crippen LogP contribution in [0.4, 0.5) is 5.69 Å². The molecule has 0 amide bonds. The number of rotatable bonds is 8. The molecule has 0 aliphatic heterocycles. The largest absolute Gasteiger partial charge is 0.481 e. The number of carbonyl (C=O) groups is 1. The lowest BCUT2D eigenvalue weighted by Crippen LogP contribution is -2.12. The molecule has 2 aromatic rings. The normalized spacial score (nSPS) is 11.6. The second-order valence-corrected chi connectivity index (χ2v) is 7.49. The summed E-state index contributed by atoms with van der Waals surface area (Å²) in [4.78, 5) is 10.6. The molecular formula is C18H18ClNO4S. The van der Waals surface area contributed by atoms with E-state index in [1.54, 1.807) is 24.3 Å². The van der Waals surface area contributed by atoms with Crippen molar-refractivity contribution < 1.29 is 18.3 Å². The lowest BCUT2D eigenvalue weighted by Gasteiger charge is -2.08. The molecule has 0 aliphatic carbocycles. The highest BCUT2D eigenvalue weighted by atomic mass is 35.5. The number of carboxylic acids is 1. The third kappa shape index (κ3) is 6.25. The zero-order valence-corrected chi connectivity index (χ0v) is 14.9. The first kappa shape index (κ1) is 19.0. The monoisotopic (exact) mass is 379 g/mol. The summed E-state index contributed by atoms with van der Waals surface area (Å²) in [5, 5.41) is 9.03. The fourth-order valence-corrected chi connectivity index (χ4v) is 3.27. The highest BCUT2D eigenvalue weighted by molar-refractivity contribution is 7.92. The molecule has 0 heterocycles. The number of hydrogen-bond donors (Lipinski definition) is 2. The first-order valence-electron chi connectivity index (χ1n) is 7.63. The summed E-state index contributed by atoms with van der Waals surface area (Å²) in [5.74, 6) is -0.800. The quantitative estimate of drug-likeness (QED) is 0.665. The molecule has 0 atom stereocenters. The molecule has 0 bridgehead atoms.